The van der Waals surface area contributed by atoms with Crippen molar-refractivity contribution in [3.63, 3.8) is 0 Å². The molecule has 0 amide bonds. The van der Waals surface area contributed by atoms with E-state index in [0.717, 1.165) is 19.5 Å². The lowest BCUT2D eigenvalue weighted by Gasteiger charge is -2.30. The Morgan fingerprint density at radius 3 is 1.93 bits per heavy atom. The number of nitrogens with zero attached hydrogens (tertiary/aromatic N) is 1. The van der Waals surface area contributed by atoms with Crippen molar-refractivity contribution >= 4 is 0 Å². The molecule has 0 saturated carbocycles. The molecule has 0 aliphatic carbocycles. The third-order valence-electron chi connectivity index (χ3n) is 2.34. The topological polar surface area (TPSA) is 23.5 Å². The zero-order valence-electron chi connectivity index (χ0n) is 10.7. The third-order valence-corrected chi connectivity index (χ3v) is 2.34. The molecule has 0 fully saturated rings. The van der Waals surface area contributed by atoms with Crippen molar-refractivity contribution in [2.45, 2.75) is 59.6 Å². The van der Waals surface area contributed by atoms with Crippen LogP contribution in [-0.2, 0) is 0 Å². The predicted octanol–water partition coefficient (Wildman–Crippen LogP) is 2.51. The molecule has 0 rings (SSSR count). The fourth-order valence-corrected chi connectivity index (χ4v) is 1.45. The molecule has 86 valence electrons. The van der Waals surface area contributed by atoms with Crippen molar-refractivity contribution in [3.8, 4) is 0 Å². The Bertz CT molecular complexity index is 147. The average Bonchev–Trinajstić information content (AvgIpc) is 1.94. The van der Waals surface area contributed by atoms with Gasteiger partial charge in [-0.25, -0.2) is 0 Å². The Morgan fingerprint density at radius 1 is 1.14 bits per heavy atom. The standard InChI is InChI=1S/C12H27NO/c1-10(2)9-13(11(3)4)8-7-12(5,6)14/h10-11,14H,7-9H2,1-6H3. The normalized spacial score (nSPS) is 13.3. The highest BCUT2D eigenvalue weighted by molar-refractivity contribution is 4.71. The maximum atomic E-state index is 9.66. The van der Waals surface area contributed by atoms with E-state index >= 15 is 0 Å². The molecule has 14 heavy (non-hydrogen) atoms. The lowest BCUT2D eigenvalue weighted by molar-refractivity contribution is 0.0510. The number of hydrogen-bond acceptors (Lipinski definition) is 2. The first-order chi connectivity index (χ1) is 6.22. The van der Waals surface area contributed by atoms with E-state index in [1.54, 1.807) is 0 Å². The SMILES string of the molecule is CC(C)CN(CCC(C)(C)O)C(C)C. The molecule has 1 N–H and O–H groups in total. The second-order valence-electron chi connectivity index (χ2n) is 5.54. The summed E-state index contributed by atoms with van der Waals surface area (Å²) >= 11 is 0. The van der Waals surface area contributed by atoms with Gasteiger partial charge >= 0.3 is 0 Å². The van der Waals surface area contributed by atoms with Crippen LogP contribution in [0.1, 0.15) is 48.0 Å². The van der Waals surface area contributed by atoms with Crippen LogP contribution in [0.25, 0.3) is 0 Å². The summed E-state index contributed by atoms with van der Waals surface area (Å²) in [5, 5.41) is 9.66. The fraction of sp³-hybridized carbons (Fsp3) is 1.00. The summed E-state index contributed by atoms with van der Waals surface area (Å²) in [5.74, 6) is 0.694. The van der Waals surface area contributed by atoms with E-state index in [1.807, 2.05) is 13.8 Å². The third kappa shape index (κ3) is 7.34. The molecule has 0 aliphatic heterocycles. The Kier molecular flexibility index (Phi) is 5.68. The molecule has 0 aliphatic rings. The summed E-state index contributed by atoms with van der Waals surface area (Å²) in [5.41, 5.74) is -0.538. The summed E-state index contributed by atoms with van der Waals surface area (Å²) in [6, 6.07) is 0.569. The first kappa shape index (κ1) is 13.9. The van der Waals surface area contributed by atoms with E-state index in [2.05, 4.69) is 32.6 Å². The number of rotatable bonds is 6. The van der Waals surface area contributed by atoms with Crippen molar-refractivity contribution in [2.75, 3.05) is 13.1 Å². The summed E-state index contributed by atoms with van der Waals surface area (Å²) < 4.78 is 0. The van der Waals surface area contributed by atoms with Gasteiger partial charge in [0.25, 0.3) is 0 Å². The molecular weight excluding hydrogens is 174 g/mol. The van der Waals surface area contributed by atoms with Gasteiger partial charge in [-0.15, -0.1) is 0 Å². The Morgan fingerprint density at radius 2 is 1.64 bits per heavy atom. The first-order valence-corrected chi connectivity index (χ1v) is 5.69. The highest BCUT2D eigenvalue weighted by atomic mass is 16.3. The smallest absolute Gasteiger partial charge is 0.0603 e. The second kappa shape index (κ2) is 5.72. The van der Waals surface area contributed by atoms with Gasteiger partial charge in [0.15, 0.2) is 0 Å². The van der Waals surface area contributed by atoms with E-state index in [4.69, 9.17) is 0 Å². The predicted molar refractivity (Wildman–Crippen MR) is 62.5 cm³/mol. The molecule has 0 radical (unpaired) electrons. The van der Waals surface area contributed by atoms with Gasteiger partial charge in [0.1, 0.15) is 0 Å². The fourth-order valence-electron chi connectivity index (χ4n) is 1.45. The Balaban J connectivity index is 3.98. The van der Waals surface area contributed by atoms with E-state index in [-0.39, 0.29) is 0 Å². The van der Waals surface area contributed by atoms with Crippen LogP contribution in [0, 0.1) is 5.92 Å². The van der Waals surface area contributed by atoms with Gasteiger partial charge in [0, 0.05) is 19.1 Å². The number of hydrogen-bond donors (Lipinski definition) is 1. The molecule has 0 spiro atoms. The molecule has 0 heterocycles. The van der Waals surface area contributed by atoms with Crippen molar-refractivity contribution in [1.82, 2.24) is 4.90 Å². The molecule has 2 heteroatoms. The Hall–Kier alpha value is -0.0800. The monoisotopic (exact) mass is 201 g/mol. The first-order valence-electron chi connectivity index (χ1n) is 5.69. The van der Waals surface area contributed by atoms with E-state index in [1.165, 1.54) is 0 Å². The minimum Gasteiger partial charge on any atom is -0.390 e. The van der Waals surface area contributed by atoms with Gasteiger partial charge in [0.2, 0.25) is 0 Å². The maximum Gasteiger partial charge on any atom is 0.0603 e. The van der Waals surface area contributed by atoms with Crippen molar-refractivity contribution in [3.05, 3.63) is 0 Å². The summed E-state index contributed by atoms with van der Waals surface area (Å²) in [7, 11) is 0. The van der Waals surface area contributed by atoms with Crippen LogP contribution < -0.4 is 0 Å². The summed E-state index contributed by atoms with van der Waals surface area (Å²) in [4.78, 5) is 2.43. The summed E-state index contributed by atoms with van der Waals surface area (Å²) in [6.07, 6.45) is 0.845. The van der Waals surface area contributed by atoms with Crippen LogP contribution in [0.2, 0.25) is 0 Å². The molecule has 0 aromatic rings. The van der Waals surface area contributed by atoms with Crippen molar-refractivity contribution in [2.24, 2.45) is 5.92 Å². The van der Waals surface area contributed by atoms with Crippen LogP contribution in [0.3, 0.4) is 0 Å². The van der Waals surface area contributed by atoms with Crippen LogP contribution in [0.15, 0.2) is 0 Å². The molecule has 0 unspecified atom stereocenters. The lowest BCUT2D eigenvalue weighted by atomic mass is 10.0. The minimum absolute atomic E-state index is 0.538. The average molecular weight is 201 g/mol. The van der Waals surface area contributed by atoms with Gasteiger partial charge in [0.05, 0.1) is 5.60 Å². The highest BCUT2D eigenvalue weighted by Gasteiger charge is 2.17. The van der Waals surface area contributed by atoms with Crippen LogP contribution in [-0.4, -0.2) is 34.7 Å². The zero-order valence-corrected chi connectivity index (χ0v) is 10.7. The van der Waals surface area contributed by atoms with Crippen molar-refractivity contribution in [1.29, 1.82) is 0 Å². The van der Waals surface area contributed by atoms with E-state index < -0.39 is 5.60 Å². The Labute approximate surface area is 89.3 Å². The largest absolute Gasteiger partial charge is 0.390 e. The van der Waals surface area contributed by atoms with Gasteiger partial charge in [-0.3, -0.25) is 0 Å². The van der Waals surface area contributed by atoms with Crippen LogP contribution in [0.4, 0.5) is 0 Å². The molecular formula is C12H27NO. The molecule has 0 saturated heterocycles. The summed E-state index contributed by atoms with van der Waals surface area (Å²) in [6.45, 7) is 14.8. The molecule has 0 bridgehead atoms. The van der Waals surface area contributed by atoms with Crippen molar-refractivity contribution < 1.29 is 5.11 Å². The minimum atomic E-state index is -0.538. The zero-order chi connectivity index (χ0) is 11.4. The highest BCUT2D eigenvalue weighted by Crippen LogP contribution is 2.11. The van der Waals surface area contributed by atoms with Crippen LogP contribution >= 0.6 is 0 Å². The van der Waals surface area contributed by atoms with Gasteiger partial charge in [-0.1, -0.05) is 13.8 Å². The maximum absolute atomic E-state index is 9.66. The number of aliphatic hydroxyl groups is 1. The second-order valence-corrected chi connectivity index (χ2v) is 5.54. The van der Waals surface area contributed by atoms with E-state index in [9.17, 15) is 5.11 Å². The molecule has 2 nitrogen and oxygen atoms in total. The van der Waals surface area contributed by atoms with Gasteiger partial charge < -0.3 is 10.0 Å². The lowest BCUT2D eigenvalue weighted by Crippen LogP contribution is -2.38. The van der Waals surface area contributed by atoms with Gasteiger partial charge in [-0.2, -0.15) is 0 Å². The quantitative estimate of drug-likeness (QED) is 0.714. The molecule has 0 atom stereocenters. The van der Waals surface area contributed by atoms with Crippen LogP contribution in [0.5, 0.6) is 0 Å². The molecule has 0 aromatic heterocycles. The van der Waals surface area contributed by atoms with E-state index in [0.29, 0.717) is 12.0 Å². The van der Waals surface area contributed by atoms with Gasteiger partial charge in [-0.05, 0) is 40.0 Å². The molecule has 0 aromatic carbocycles.